The normalized spacial score (nSPS) is 17.5. The van der Waals surface area contributed by atoms with Crippen LogP contribution in [-0.4, -0.2) is 68.5 Å². The summed E-state index contributed by atoms with van der Waals surface area (Å²) < 4.78 is 1.96. The summed E-state index contributed by atoms with van der Waals surface area (Å²) in [7, 11) is 4.14. The Morgan fingerprint density at radius 2 is 1.86 bits per heavy atom. The Morgan fingerprint density at radius 3 is 2.63 bits per heavy atom. The smallest absolute Gasteiger partial charge is 0.258 e. The second-order valence-corrected chi connectivity index (χ2v) is 9.87. The Labute approximate surface area is 203 Å². The zero-order valence-corrected chi connectivity index (χ0v) is 20.0. The molecule has 1 spiro atoms. The Kier molecular flexibility index (Phi) is 5.21. The zero-order chi connectivity index (χ0) is 24.0. The maximum Gasteiger partial charge on any atom is 0.258 e. The van der Waals surface area contributed by atoms with Gasteiger partial charge < -0.3 is 14.4 Å². The number of anilines is 2. The molecule has 0 atom stereocenters. The summed E-state index contributed by atoms with van der Waals surface area (Å²) in [6.07, 6.45) is 9.46. The minimum absolute atomic E-state index is 0.245. The van der Waals surface area contributed by atoms with Gasteiger partial charge in [0.05, 0.1) is 23.7 Å². The molecule has 0 radical (unpaired) electrons. The molecule has 0 saturated carbocycles. The van der Waals surface area contributed by atoms with Crippen LogP contribution in [-0.2, 0) is 7.05 Å². The number of aryl methyl sites for hydroxylation is 1. The standard InChI is InChI=1S/C26H28N8O/c1-32-9-6-26(7-10-32)15-34(16-26)23-12-19(5-8-28-23)24(35)31-25-29-13-20-4-3-18(11-21(20)30-25)22-14-27-17-33(22)2/h3-5,8,11-14,17H,6-7,9-10,15-16H2,1-2H3,(H,29,30,31,35). The molecule has 0 unspecified atom stereocenters. The van der Waals surface area contributed by atoms with Crippen LogP contribution >= 0.6 is 0 Å². The van der Waals surface area contributed by atoms with Crippen molar-refractivity contribution in [3.8, 4) is 11.3 Å². The van der Waals surface area contributed by atoms with E-state index in [0.29, 0.717) is 11.0 Å². The first-order valence-electron chi connectivity index (χ1n) is 11.9. The fourth-order valence-electron chi connectivity index (χ4n) is 5.12. The van der Waals surface area contributed by atoms with Crippen molar-refractivity contribution in [3.63, 3.8) is 0 Å². The molecular formula is C26H28N8O. The number of fused-ring (bicyclic) bond motifs is 1. The van der Waals surface area contributed by atoms with Gasteiger partial charge in [-0.25, -0.2) is 19.9 Å². The third kappa shape index (κ3) is 4.12. The highest BCUT2D eigenvalue weighted by atomic mass is 16.1. The van der Waals surface area contributed by atoms with Gasteiger partial charge in [-0.2, -0.15) is 0 Å². The first-order chi connectivity index (χ1) is 17.0. The van der Waals surface area contributed by atoms with Gasteiger partial charge in [-0.05, 0) is 51.2 Å². The van der Waals surface area contributed by atoms with Crippen LogP contribution in [0.1, 0.15) is 23.2 Å². The molecule has 2 aliphatic heterocycles. The number of amides is 1. The Morgan fingerprint density at radius 1 is 1.03 bits per heavy atom. The van der Waals surface area contributed by atoms with E-state index in [1.807, 2.05) is 42.1 Å². The minimum atomic E-state index is -0.245. The van der Waals surface area contributed by atoms with Crippen molar-refractivity contribution in [1.82, 2.24) is 29.4 Å². The Balaban J connectivity index is 1.17. The molecule has 2 aliphatic rings. The van der Waals surface area contributed by atoms with E-state index in [-0.39, 0.29) is 11.9 Å². The number of benzene rings is 1. The van der Waals surface area contributed by atoms with Gasteiger partial charge in [0, 0.05) is 54.5 Å². The molecule has 1 N–H and O–H groups in total. The highest BCUT2D eigenvalue weighted by molar-refractivity contribution is 6.04. The number of pyridine rings is 1. The van der Waals surface area contributed by atoms with Gasteiger partial charge >= 0.3 is 0 Å². The van der Waals surface area contributed by atoms with E-state index in [1.54, 1.807) is 24.8 Å². The van der Waals surface area contributed by atoms with Crippen LogP contribution in [0, 0.1) is 5.41 Å². The third-order valence-corrected chi connectivity index (χ3v) is 7.35. The molecule has 9 heteroatoms. The number of carbonyl (C=O) groups excluding carboxylic acids is 1. The summed E-state index contributed by atoms with van der Waals surface area (Å²) in [5.74, 6) is 0.880. The monoisotopic (exact) mass is 468 g/mol. The number of nitrogens with one attached hydrogen (secondary N) is 1. The molecule has 1 aromatic carbocycles. The van der Waals surface area contributed by atoms with E-state index in [1.165, 1.54) is 12.8 Å². The van der Waals surface area contributed by atoms with Gasteiger partial charge in [0.1, 0.15) is 5.82 Å². The lowest BCUT2D eigenvalue weighted by molar-refractivity contribution is 0.0900. The van der Waals surface area contributed by atoms with Crippen LogP contribution in [0.4, 0.5) is 11.8 Å². The largest absolute Gasteiger partial charge is 0.355 e. The zero-order valence-electron chi connectivity index (χ0n) is 20.0. The summed E-state index contributed by atoms with van der Waals surface area (Å²) in [5, 5.41) is 3.75. The third-order valence-electron chi connectivity index (χ3n) is 7.35. The number of nitrogens with zero attached hydrogens (tertiary/aromatic N) is 7. The van der Waals surface area contributed by atoms with Crippen molar-refractivity contribution < 1.29 is 4.79 Å². The van der Waals surface area contributed by atoms with Crippen molar-refractivity contribution >= 4 is 28.6 Å². The second-order valence-electron chi connectivity index (χ2n) is 9.87. The van der Waals surface area contributed by atoms with E-state index >= 15 is 0 Å². The quantitative estimate of drug-likeness (QED) is 0.492. The topological polar surface area (TPSA) is 92.1 Å². The summed E-state index contributed by atoms with van der Waals surface area (Å²) >= 11 is 0. The van der Waals surface area contributed by atoms with E-state index < -0.39 is 0 Å². The molecule has 178 valence electrons. The number of piperidine rings is 1. The molecule has 9 nitrogen and oxygen atoms in total. The lowest BCUT2D eigenvalue weighted by Gasteiger charge is -2.54. The summed E-state index contributed by atoms with van der Waals surface area (Å²) in [5.41, 5.74) is 3.71. The van der Waals surface area contributed by atoms with Crippen LogP contribution in [0.2, 0.25) is 0 Å². The van der Waals surface area contributed by atoms with Crippen LogP contribution < -0.4 is 10.2 Å². The molecule has 4 aromatic rings. The number of rotatable bonds is 4. The van der Waals surface area contributed by atoms with Gasteiger partial charge in [-0.3, -0.25) is 10.1 Å². The van der Waals surface area contributed by atoms with Crippen molar-refractivity contribution in [2.45, 2.75) is 12.8 Å². The van der Waals surface area contributed by atoms with Gasteiger partial charge in [-0.1, -0.05) is 12.1 Å². The van der Waals surface area contributed by atoms with Gasteiger partial charge in [-0.15, -0.1) is 0 Å². The number of aromatic nitrogens is 5. The number of hydrogen-bond donors (Lipinski definition) is 1. The van der Waals surface area contributed by atoms with Crippen molar-refractivity contribution in [3.05, 3.63) is 60.8 Å². The molecule has 2 saturated heterocycles. The molecular weight excluding hydrogens is 440 g/mol. The lowest BCUT2D eigenvalue weighted by atomic mass is 9.72. The van der Waals surface area contributed by atoms with Gasteiger partial charge in [0.2, 0.25) is 5.95 Å². The second kappa shape index (κ2) is 8.42. The summed E-state index contributed by atoms with van der Waals surface area (Å²) in [6, 6.07) is 9.56. The maximum absolute atomic E-state index is 13.0. The Hall–Kier alpha value is -3.85. The SMILES string of the molecule is CN1CCC2(CC1)CN(c1cc(C(=O)Nc3ncc4ccc(-c5cncn5C)cc4n3)ccn1)C2. The molecule has 6 rings (SSSR count). The van der Waals surface area contributed by atoms with Gasteiger partial charge in [0.25, 0.3) is 5.91 Å². The van der Waals surface area contributed by atoms with Crippen molar-refractivity contribution in [1.29, 1.82) is 0 Å². The van der Waals surface area contributed by atoms with Crippen molar-refractivity contribution in [2.24, 2.45) is 12.5 Å². The number of imidazole rings is 1. The first-order valence-corrected chi connectivity index (χ1v) is 11.9. The maximum atomic E-state index is 13.0. The van der Waals surface area contributed by atoms with E-state index in [0.717, 1.165) is 54.2 Å². The predicted octanol–water partition coefficient (Wildman–Crippen LogP) is 3.21. The van der Waals surface area contributed by atoms with E-state index in [2.05, 4.69) is 42.1 Å². The van der Waals surface area contributed by atoms with Crippen LogP contribution in [0.15, 0.2) is 55.2 Å². The molecule has 1 amide bonds. The molecule has 0 aliphatic carbocycles. The molecule has 0 bridgehead atoms. The highest BCUT2D eigenvalue weighted by Gasteiger charge is 2.44. The van der Waals surface area contributed by atoms with Crippen LogP contribution in [0.3, 0.4) is 0 Å². The average Bonchev–Trinajstić information content (AvgIpc) is 3.28. The molecule has 3 aromatic heterocycles. The van der Waals surface area contributed by atoms with E-state index in [4.69, 9.17) is 0 Å². The molecule has 35 heavy (non-hydrogen) atoms. The highest BCUT2D eigenvalue weighted by Crippen LogP contribution is 2.41. The van der Waals surface area contributed by atoms with Crippen LogP contribution in [0.25, 0.3) is 22.2 Å². The predicted molar refractivity (Wildman–Crippen MR) is 135 cm³/mol. The van der Waals surface area contributed by atoms with E-state index in [9.17, 15) is 4.79 Å². The van der Waals surface area contributed by atoms with Crippen molar-refractivity contribution in [2.75, 3.05) is 43.4 Å². The number of likely N-dealkylation sites (tertiary alicyclic amines) is 1. The Bertz CT molecular complexity index is 1400. The number of carbonyl (C=O) groups is 1. The molecule has 5 heterocycles. The minimum Gasteiger partial charge on any atom is -0.355 e. The summed E-state index contributed by atoms with van der Waals surface area (Å²) in [4.78, 5) is 35.3. The summed E-state index contributed by atoms with van der Waals surface area (Å²) in [6.45, 7) is 4.31. The lowest BCUT2D eigenvalue weighted by Crippen LogP contribution is -2.60. The fraction of sp³-hybridized carbons (Fsp3) is 0.346. The molecule has 2 fully saturated rings. The average molecular weight is 469 g/mol. The van der Waals surface area contributed by atoms with Gasteiger partial charge in [0.15, 0.2) is 0 Å². The van der Waals surface area contributed by atoms with Crippen LogP contribution in [0.5, 0.6) is 0 Å². The first kappa shape index (κ1) is 21.7. The number of hydrogen-bond acceptors (Lipinski definition) is 7. The fourth-order valence-corrected chi connectivity index (χ4v) is 5.12.